The lowest BCUT2D eigenvalue weighted by Gasteiger charge is -2.20. The molecular formula is C16H27N3O. The van der Waals surface area contributed by atoms with Crippen molar-refractivity contribution < 1.29 is 4.79 Å². The second-order valence-corrected chi connectivity index (χ2v) is 5.66. The van der Waals surface area contributed by atoms with E-state index in [4.69, 9.17) is 0 Å². The van der Waals surface area contributed by atoms with Gasteiger partial charge in [-0.15, -0.1) is 0 Å². The van der Waals surface area contributed by atoms with Crippen molar-refractivity contribution in [2.45, 2.75) is 33.4 Å². The molecule has 0 spiro atoms. The molecule has 1 rings (SSSR count). The Labute approximate surface area is 122 Å². The van der Waals surface area contributed by atoms with Crippen LogP contribution >= 0.6 is 0 Å². The van der Waals surface area contributed by atoms with Crippen LogP contribution in [0.4, 0.5) is 4.79 Å². The maximum Gasteiger partial charge on any atom is 0.315 e. The summed E-state index contributed by atoms with van der Waals surface area (Å²) in [6.07, 6.45) is 0. The monoisotopic (exact) mass is 277 g/mol. The van der Waals surface area contributed by atoms with Gasteiger partial charge >= 0.3 is 6.03 Å². The normalized spacial score (nSPS) is 12.5. The summed E-state index contributed by atoms with van der Waals surface area (Å²) in [6.45, 7) is 8.59. The van der Waals surface area contributed by atoms with Gasteiger partial charge in [0.15, 0.2) is 0 Å². The molecule has 4 nitrogen and oxygen atoms in total. The van der Waals surface area contributed by atoms with Crippen molar-refractivity contribution in [1.82, 2.24) is 15.5 Å². The predicted molar refractivity (Wildman–Crippen MR) is 83.6 cm³/mol. The average molecular weight is 277 g/mol. The van der Waals surface area contributed by atoms with Gasteiger partial charge in [-0.1, -0.05) is 44.2 Å². The van der Waals surface area contributed by atoms with E-state index < -0.39 is 0 Å². The first kappa shape index (κ1) is 16.5. The fourth-order valence-corrected chi connectivity index (χ4v) is 1.76. The van der Waals surface area contributed by atoms with Crippen LogP contribution < -0.4 is 10.6 Å². The Hall–Kier alpha value is -1.55. The summed E-state index contributed by atoms with van der Waals surface area (Å²) in [5, 5.41) is 5.83. The Morgan fingerprint density at radius 3 is 2.45 bits per heavy atom. The third kappa shape index (κ3) is 6.57. The van der Waals surface area contributed by atoms with E-state index in [9.17, 15) is 4.79 Å². The number of hydrogen-bond acceptors (Lipinski definition) is 2. The second-order valence-electron chi connectivity index (χ2n) is 5.66. The van der Waals surface area contributed by atoms with Crippen LogP contribution in [0.5, 0.6) is 0 Å². The molecule has 0 aliphatic heterocycles. The van der Waals surface area contributed by atoms with Crippen molar-refractivity contribution in [2.75, 3.05) is 20.1 Å². The molecule has 1 atom stereocenters. The number of urea groups is 1. The number of nitrogens with one attached hydrogen (secondary N) is 2. The summed E-state index contributed by atoms with van der Waals surface area (Å²) in [7, 11) is 2.06. The van der Waals surface area contributed by atoms with E-state index in [2.05, 4.69) is 48.6 Å². The van der Waals surface area contributed by atoms with E-state index in [1.807, 2.05) is 25.1 Å². The van der Waals surface area contributed by atoms with Gasteiger partial charge in [0.2, 0.25) is 0 Å². The second kappa shape index (κ2) is 8.59. The molecule has 20 heavy (non-hydrogen) atoms. The molecule has 112 valence electrons. The maximum absolute atomic E-state index is 11.7. The summed E-state index contributed by atoms with van der Waals surface area (Å²) < 4.78 is 0. The lowest BCUT2D eigenvalue weighted by Crippen LogP contribution is -2.44. The van der Waals surface area contributed by atoms with Crippen molar-refractivity contribution >= 4 is 6.03 Å². The molecule has 4 heteroatoms. The zero-order valence-electron chi connectivity index (χ0n) is 13.0. The highest BCUT2D eigenvalue weighted by Crippen LogP contribution is 2.02. The van der Waals surface area contributed by atoms with Crippen LogP contribution in [0.25, 0.3) is 0 Å². The fourth-order valence-electron chi connectivity index (χ4n) is 1.76. The van der Waals surface area contributed by atoms with E-state index in [0.29, 0.717) is 12.5 Å². The Bertz CT molecular complexity index is 392. The topological polar surface area (TPSA) is 44.4 Å². The number of hydrogen-bond donors (Lipinski definition) is 2. The molecular weight excluding hydrogens is 250 g/mol. The lowest BCUT2D eigenvalue weighted by molar-refractivity contribution is 0.231. The first-order chi connectivity index (χ1) is 9.49. The summed E-state index contributed by atoms with van der Waals surface area (Å²) in [5.41, 5.74) is 1.29. The average Bonchev–Trinajstić information content (AvgIpc) is 2.39. The quantitative estimate of drug-likeness (QED) is 0.804. The minimum Gasteiger partial charge on any atom is -0.337 e. The number of nitrogens with zero attached hydrogens (tertiary/aromatic N) is 1. The van der Waals surface area contributed by atoms with Crippen molar-refractivity contribution in [3.05, 3.63) is 35.9 Å². The fraction of sp³-hybridized carbons (Fsp3) is 0.562. The third-order valence-electron chi connectivity index (χ3n) is 3.43. The third-order valence-corrected chi connectivity index (χ3v) is 3.43. The molecule has 2 N–H and O–H groups in total. The molecule has 1 unspecified atom stereocenters. The molecule has 1 aromatic rings. The van der Waals surface area contributed by atoms with Crippen molar-refractivity contribution in [1.29, 1.82) is 0 Å². The Kier molecular flexibility index (Phi) is 7.09. The SMILES string of the molecule is CC(C)C(C)NC(=O)NCCN(C)Cc1ccccc1. The van der Waals surface area contributed by atoms with Crippen LogP contribution in [0.2, 0.25) is 0 Å². The minimum absolute atomic E-state index is 0.0840. The number of likely N-dealkylation sites (N-methyl/N-ethyl adjacent to an activating group) is 1. The van der Waals surface area contributed by atoms with Crippen LogP contribution in [0.15, 0.2) is 30.3 Å². The van der Waals surface area contributed by atoms with E-state index in [0.717, 1.165) is 13.1 Å². The highest BCUT2D eigenvalue weighted by atomic mass is 16.2. The Morgan fingerprint density at radius 1 is 1.20 bits per heavy atom. The van der Waals surface area contributed by atoms with Crippen LogP contribution in [-0.2, 0) is 6.54 Å². The highest BCUT2D eigenvalue weighted by molar-refractivity contribution is 5.74. The van der Waals surface area contributed by atoms with Gasteiger partial charge in [0.1, 0.15) is 0 Å². The van der Waals surface area contributed by atoms with Gasteiger partial charge in [0.05, 0.1) is 0 Å². The molecule has 0 aromatic heterocycles. The summed E-state index contributed by atoms with van der Waals surface area (Å²) in [5.74, 6) is 0.446. The number of amides is 2. The van der Waals surface area contributed by atoms with Crippen LogP contribution in [0, 0.1) is 5.92 Å². The minimum atomic E-state index is -0.0840. The molecule has 0 fully saturated rings. The van der Waals surface area contributed by atoms with Gasteiger partial charge in [-0.2, -0.15) is 0 Å². The van der Waals surface area contributed by atoms with Crippen molar-refractivity contribution in [3.8, 4) is 0 Å². The molecule has 0 saturated heterocycles. The molecule has 0 saturated carbocycles. The zero-order valence-corrected chi connectivity index (χ0v) is 13.0. The first-order valence-electron chi connectivity index (χ1n) is 7.26. The van der Waals surface area contributed by atoms with Gasteiger partial charge in [-0.3, -0.25) is 0 Å². The molecule has 0 radical (unpaired) electrons. The number of carbonyl (C=O) groups excluding carboxylic acids is 1. The summed E-state index contributed by atoms with van der Waals surface area (Å²) in [6, 6.07) is 10.4. The number of rotatable bonds is 7. The molecule has 2 amide bonds. The standard InChI is InChI=1S/C16H27N3O/c1-13(2)14(3)18-16(20)17-10-11-19(4)12-15-8-6-5-7-9-15/h5-9,13-14H,10-12H2,1-4H3,(H2,17,18,20). The Morgan fingerprint density at radius 2 is 1.85 bits per heavy atom. The largest absolute Gasteiger partial charge is 0.337 e. The molecule has 1 aromatic carbocycles. The number of carbonyl (C=O) groups is 1. The molecule has 0 heterocycles. The van der Waals surface area contributed by atoms with Gasteiger partial charge in [-0.25, -0.2) is 4.79 Å². The summed E-state index contributed by atoms with van der Waals surface area (Å²) in [4.78, 5) is 13.9. The summed E-state index contributed by atoms with van der Waals surface area (Å²) >= 11 is 0. The Balaban J connectivity index is 2.18. The maximum atomic E-state index is 11.7. The van der Waals surface area contributed by atoms with Gasteiger partial charge in [0.25, 0.3) is 0 Å². The first-order valence-corrected chi connectivity index (χ1v) is 7.26. The predicted octanol–water partition coefficient (Wildman–Crippen LogP) is 2.46. The van der Waals surface area contributed by atoms with E-state index in [-0.39, 0.29) is 12.1 Å². The van der Waals surface area contributed by atoms with Gasteiger partial charge in [0, 0.05) is 25.7 Å². The van der Waals surface area contributed by atoms with Gasteiger partial charge in [-0.05, 0) is 25.5 Å². The van der Waals surface area contributed by atoms with Crippen LogP contribution in [0.3, 0.4) is 0 Å². The van der Waals surface area contributed by atoms with E-state index in [1.54, 1.807) is 0 Å². The molecule has 0 aliphatic rings. The number of benzene rings is 1. The van der Waals surface area contributed by atoms with Crippen molar-refractivity contribution in [2.24, 2.45) is 5.92 Å². The van der Waals surface area contributed by atoms with Gasteiger partial charge < -0.3 is 15.5 Å². The smallest absolute Gasteiger partial charge is 0.315 e. The highest BCUT2D eigenvalue weighted by Gasteiger charge is 2.10. The van der Waals surface area contributed by atoms with Crippen LogP contribution in [0.1, 0.15) is 26.3 Å². The zero-order chi connectivity index (χ0) is 15.0. The van der Waals surface area contributed by atoms with E-state index >= 15 is 0 Å². The van der Waals surface area contributed by atoms with E-state index in [1.165, 1.54) is 5.56 Å². The lowest BCUT2D eigenvalue weighted by atomic mass is 10.1. The van der Waals surface area contributed by atoms with Crippen LogP contribution in [-0.4, -0.2) is 37.1 Å². The molecule has 0 aliphatic carbocycles. The molecule has 0 bridgehead atoms. The van der Waals surface area contributed by atoms with Crippen molar-refractivity contribution in [3.63, 3.8) is 0 Å².